The van der Waals surface area contributed by atoms with E-state index in [0.29, 0.717) is 0 Å². The molecule has 0 aliphatic carbocycles. The van der Waals surface area contributed by atoms with E-state index >= 15 is 0 Å². The predicted octanol–water partition coefficient (Wildman–Crippen LogP) is 1.20. The maximum absolute atomic E-state index is 4.31. The Balaban J connectivity index is 2.95. The largest absolute Gasteiger partial charge is 0.664 e. The molecule has 0 bridgehead atoms. The summed E-state index contributed by atoms with van der Waals surface area (Å²) in [6, 6.07) is 0. The highest BCUT2D eigenvalue weighted by atomic mass is 15.1. The van der Waals surface area contributed by atoms with Crippen LogP contribution in [-0.4, -0.2) is 10.2 Å². The average Bonchev–Trinajstić information content (AvgIpc) is 2.30. The van der Waals surface area contributed by atoms with Gasteiger partial charge in [0.2, 0.25) is 0 Å². The summed E-state index contributed by atoms with van der Waals surface area (Å²) in [5.74, 6) is 0. The lowest BCUT2D eigenvalue weighted by Gasteiger charge is -1.97. The number of hydrogen-bond donors (Lipinski definition) is 0. The number of aryl methyl sites for hydroxylation is 2. The molecular weight excluding hydrogens is 138 g/mol. The lowest BCUT2D eigenvalue weighted by atomic mass is 10.2. The highest BCUT2D eigenvalue weighted by molar-refractivity contribution is 5.86. The summed E-state index contributed by atoms with van der Waals surface area (Å²) in [6.07, 6.45) is 3.51. The lowest BCUT2D eigenvalue weighted by molar-refractivity contribution is 1.05. The molecule has 2 aromatic heterocycles. The molecule has 11 heavy (non-hydrogen) atoms. The van der Waals surface area contributed by atoms with Crippen LogP contribution >= 0.6 is 0 Å². The zero-order valence-electron chi connectivity index (χ0n) is 6.50. The number of rotatable bonds is 0. The summed E-state index contributed by atoms with van der Waals surface area (Å²) in [7, 11) is 0. The quantitative estimate of drug-likeness (QED) is 0.560. The van der Waals surface area contributed by atoms with Gasteiger partial charge in [0.1, 0.15) is 0 Å². The van der Waals surface area contributed by atoms with Gasteiger partial charge < -0.3 is 4.98 Å². The van der Waals surface area contributed by atoms with E-state index in [2.05, 4.69) is 15.2 Å². The second kappa shape index (κ2) is 2.05. The fraction of sp³-hybridized carbons (Fsp3) is 0.250. The van der Waals surface area contributed by atoms with E-state index in [0.717, 1.165) is 22.2 Å². The van der Waals surface area contributed by atoms with Crippen LogP contribution in [0.3, 0.4) is 0 Å². The van der Waals surface area contributed by atoms with Gasteiger partial charge in [0.05, 0.1) is 12.4 Å². The highest BCUT2D eigenvalue weighted by Crippen LogP contribution is 2.17. The van der Waals surface area contributed by atoms with Gasteiger partial charge in [0.25, 0.3) is 0 Å². The van der Waals surface area contributed by atoms with Crippen LogP contribution in [-0.2, 0) is 0 Å². The molecule has 0 amide bonds. The normalized spacial score (nSPS) is 10.7. The van der Waals surface area contributed by atoms with Gasteiger partial charge >= 0.3 is 0 Å². The van der Waals surface area contributed by atoms with Gasteiger partial charge in [0.15, 0.2) is 0 Å². The monoisotopic (exact) mass is 146 g/mol. The van der Waals surface area contributed by atoms with E-state index in [1.165, 1.54) is 0 Å². The van der Waals surface area contributed by atoms with Gasteiger partial charge in [-0.1, -0.05) is 13.8 Å². The summed E-state index contributed by atoms with van der Waals surface area (Å²) < 4.78 is 0. The molecular formula is C8H8N3-. The van der Waals surface area contributed by atoms with E-state index < -0.39 is 0 Å². The Morgan fingerprint density at radius 3 is 1.91 bits per heavy atom. The third-order valence-electron chi connectivity index (χ3n) is 1.85. The Kier molecular flexibility index (Phi) is 1.18. The first kappa shape index (κ1) is 6.34. The molecule has 0 radical (unpaired) electrons. The minimum absolute atomic E-state index is 1.03. The van der Waals surface area contributed by atoms with Crippen LogP contribution in [0.4, 0.5) is 0 Å². The van der Waals surface area contributed by atoms with Gasteiger partial charge in [-0.2, -0.15) is 21.6 Å². The standard InChI is InChI=1S/C8H8N3/c1-5-7-3-9-10-4-8(7)6(2)11-5/h3-4H,1-2H3/q-1. The summed E-state index contributed by atoms with van der Waals surface area (Å²) in [5, 5.41) is 9.81. The second-order valence-electron chi connectivity index (χ2n) is 2.60. The molecule has 0 unspecified atom stereocenters. The molecule has 2 aromatic rings. The number of hydrogen-bond acceptors (Lipinski definition) is 2. The van der Waals surface area contributed by atoms with Crippen molar-refractivity contribution < 1.29 is 0 Å². The molecule has 3 nitrogen and oxygen atoms in total. The Bertz CT molecular complexity index is 353. The Morgan fingerprint density at radius 2 is 1.45 bits per heavy atom. The van der Waals surface area contributed by atoms with Crippen molar-refractivity contribution in [2.24, 2.45) is 0 Å². The van der Waals surface area contributed by atoms with Crippen molar-refractivity contribution in [1.82, 2.24) is 15.2 Å². The molecule has 0 aliphatic heterocycles. The fourth-order valence-corrected chi connectivity index (χ4v) is 1.27. The molecule has 3 heteroatoms. The highest BCUT2D eigenvalue weighted by Gasteiger charge is 1.93. The van der Waals surface area contributed by atoms with Gasteiger partial charge in [-0.15, -0.1) is 0 Å². The van der Waals surface area contributed by atoms with Crippen LogP contribution in [0.5, 0.6) is 0 Å². The summed E-state index contributed by atoms with van der Waals surface area (Å²) >= 11 is 0. The zero-order chi connectivity index (χ0) is 7.84. The van der Waals surface area contributed by atoms with E-state index in [1.54, 1.807) is 12.4 Å². The first-order valence-electron chi connectivity index (χ1n) is 3.49. The SMILES string of the molecule is Cc1[n-]c(C)c2cnncc12. The number of nitrogens with zero attached hydrogens (tertiary/aromatic N) is 3. The second-order valence-corrected chi connectivity index (χ2v) is 2.60. The third kappa shape index (κ3) is 0.808. The van der Waals surface area contributed by atoms with Crippen LogP contribution in [0.25, 0.3) is 10.8 Å². The van der Waals surface area contributed by atoms with Crippen molar-refractivity contribution in [2.45, 2.75) is 13.8 Å². The molecule has 0 spiro atoms. The Hall–Kier alpha value is -1.38. The van der Waals surface area contributed by atoms with Crippen molar-refractivity contribution in [2.75, 3.05) is 0 Å². The van der Waals surface area contributed by atoms with Crippen molar-refractivity contribution in [1.29, 1.82) is 0 Å². The van der Waals surface area contributed by atoms with Crippen LogP contribution in [0, 0.1) is 13.8 Å². The Labute approximate surface area is 64.5 Å². The molecule has 0 aromatic carbocycles. The third-order valence-corrected chi connectivity index (χ3v) is 1.85. The van der Waals surface area contributed by atoms with Crippen LogP contribution in [0.1, 0.15) is 11.4 Å². The smallest absolute Gasteiger partial charge is 0.0558 e. The van der Waals surface area contributed by atoms with Crippen molar-refractivity contribution >= 4 is 10.8 Å². The van der Waals surface area contributed by atoms with E-state index in [1.807, 2.05) is 13.8 Å². The first-order chi connectivity index (χ1) is 5.29. The number of fused-ring (bicyclic) bond motifs is 1. The molecule has 0 aliphatic rings. The maximum Gasteiger partial charge on any atom is 0.0558 e. The fourth-order valence-electron chi connectivity index (χ4n) is 1.27. The van der Waals surface area contributed by atoms with E-state index in [4.69, 9.17) is 0 Å². The molecule has 2 rings (SSSR count). The van der Waals surface area contributed by atoms with Gasteiger partial charge in [-0.05, 0) is 10.8 Å². The zero-order valence-corrected chi connectivity index (χ0v) is 6.50. The first-order valence-corrected chi connectivity index (χ1v) is 3.49. The topological polar surface area (TPSA) is 39.9 Å². The molecule has 0 saturated heterocycles. The van der Waals surface area contributed by atoms with Crippen molar-refractivity contribution in [3.8, 4) is 0 Å². The summed E-state index contributed by atoms with van der Waals surface area (Å²) in [4.78, 5) is 4.31. The summed E-state index contributed by atoms with van der Waals surface area (Å²) in [6.45, 7) is 3.97. The molecule has 0 fully saturated rings. The van der Waals surface area contributed by atoms with Crippen LogP contribution < -0.4 is 4.98 Å². The molecule has 0 N–H and O–H groups in total. The minimum Gasteiger partial charge on any atom is -0.664 e. The van der Waals surface area contributed by atoms with Crippen molar-refractivity contribution in [3.05, 3.63) is 23.8 Å². The predicted molar refractivity (Wildman–Crippen MR) is 42.3 cm³/mol. The van der Waals surface area contributed by atoms with E-state index in [9.17, 15) is 0 Å². The minimum atomic E-state index is 1.03. The maximum atomic E-state index is 4.31. The number of aromatic nitrogens is 3. The van der Waals surface area contributed by atoms with E-state index in [-0.39, 0.29) is 0 Å². The van der Waals surface area contributed by atoms with Crippen molar-refractivity contribution in [3.63, 3.8) is 0 Å². The lowest BCUT2D eigenvalue weighted by Crippen LogP contribution is -1.77. The summed E-state index contributed by atoms with van der Waals surface area (Å²) in [5.41, 5.74) is 2.07. The van der Waals surface area contributed by atoms with Crippen LogP contribution in [0.2, 0.25) is 0 Å². The van der Waals surface area contributed by atoms with Gasteiger partial charge in [0, 0.05) is 0 Å². The molecule has 0 atom stereocenters. The molecule has 0 saturated carbocycles. The van der Waals surface area contributed by atoms with Gasteiger partial charge in [-0.3, -0.25) is 0 Å². The molecule has 56 valence electrons. The van der Waals surface area contributed by atoms with Gasteiger partial charge in [-0.25, -0.2) is 0 Å². The van der Waals surface area contributed by atoms with Crippen LogP contribution in [0.15, 0.2) is 12.4 Å². The Morgan fingerprint density at radius 1 is 1.00 bits per heavy atom. The average molecular weight is 146 g/mol. The molecule has 2 heterocycles.